The van der Waals surface area contributed by atoms with Gasteiger partial charge in [0.2, 0.25) is 0 Å². The van der Waals surface area contributed by atoms with E-state index in [-0.39, 0.29) is 5.75 Å². The zero-order valence-electron chi connectivity index (χ0n) is 11.2. The monoisotopic (exact) mass is 287 g/mol. The van der Waals surface area contributed by atoms with Gasteiger partial charge in [0.25, 0.3) is 0 Å². The number of nitrogens with one attached hydrogen (secondary N) is 1. The van der Waals surface area contributed by atoms with Crippen LogP contribution < -0.4 is 5.32 Å². The van der Waals surface area contributed by atoms with Crippen molar-refractivity contribution in [1.82, 2.24) is 25.2 Å². The minimum absolute atomic E-state index is 0.273. The topological polar surface area (TPSA) is 80.1 Å². The van der Waals surface area contributed by atoms with E-state index in [4.69, 9.17) is 0 Å². The average Bonchev–Trinajstić information content (AvgIpc) is 2.72. The van der Waals surface area contributed by atoms with E-state index < -0.39 is 9.84 Å². The molecule has 0 amide bonds. The summed E-state index contributed by atoms with van der Waals surface area (Å²) in [6.45, 7) is 3.74. The fraction of sp³-hybridized carbons (Fsp3) is 0.818. The van der Waals surface area contributed by atoms with Crippen molar-refractivity contribution in [3.8, 4) is 0 Å². The standard InChI is InChI=1S/C11H21N5O2S/c1-12-9-11-10-16(14-13-11)5-4-15-3-2-7-19(17,18)8-6-15/h10,12H,2-9H2,1H3. The number of hydrogen-bond acceptors (Lipinski definition) is 6. The number of nitrogens with zero attached hydrogens (tertiary/aromatic N) is 4. The van der Waals surface area contributed by atoms with Crippen LogP contribution in [0.2, 0.25) is 0 Å². The van der Waals surface area contributed by atoms with Crippen LogP contribution in [0.3, 0.4) is 0 Å². The van der Waals surface area contributed by atoms with E-state index in [1.807, 2.05) is 17.9 Å². The van der Waals surface area contributed by atoms with Gasteiger partial charge in [-0.2, -0.15) is 0 Å². The number of rotatable bonds is 5. The summed E-state index contributed by atoms with van der Waals surface area (Å²) in [4.78, 5) is 2.18. The lowest BCUT2D eigenvalue weighted by Gasteiger charge is -2.18. The molecule has 1 aromatic rings. The van der Waals surface area contributed by atoms with Gasteiger partial charge in [0.1, 0.15) is 0 Å². The molecule has 1 aliphatic heterocycles. The van der Waals surface area contributed by atoms with Crippen molar-refractivity contribution in [3.63, 3.8) is 0 Å². The molecule has 0 saturated carbocycles. The second kappa shape index (κ2) is 6.44. The summed E-state index contributed by atoms with van der Waals surface area (Å²) >= 11 is 0. The summed E-state index contributed by atoms with van der Waals surface area (Å²) < 4.78 is 24.8. The molecule has 1 fully saturated rings. The zero-order chi connectivity index (χ0) is 13.7. The predicted octanol–water partition coefficient (Wildman–Crippen LogP) is -0.882. The first-order valence-corrected chi connectivity index (χ1v) is 8.37. The van der Waals surface area contributed by atoms with Gasteiger partial charge in [-0.15, -0.1) is 5.10 Å². The average molecular weight is 287 g/mol. The Morgan fingerprint density at radius 3 is 2.95 bits per heavy atom. The predicted molar refractivity (Wildman–Crippen MR) is 72.5 cm³/mol. The quantitative estimate of drug-likeness (QED) is 0.757. The van der Waals surface area contributed by atoms with Crippen LogP contribution in [-0.4, -0.2) is 66.5 Å². The van der Waals surface area contributed by atoms with E-state index in [0.717, 1.165) is 31.7 Å². The summed E-state index contributed by atoms with van der Waals surface area (Å²) in [5.41, 5.74) is 0.918. The van der Waals surface area contributed by atoms with E-state index in [1.54, 1.807) is 0 Å². The second-order valence-corrected chi connectivity index (χ2v) is 7.15. The van der Waals surface area contributed by atoms with Crippen molar-refractivity contribution >= 4 is 9.84 Å². The smallest absolute Gasteiger partial charge is 0.151 e. The molecular formula is C11H21N5O2S. The van der Waals surface area contributed by atoms with Crippen LogP contribution in [0.1, 0.15) is 12.1 Å². The first-order valence-electron chi connectivity index (χ1n) is 6.55. The van der Waals surface area contributed by atoms with Crippen LogP contribution >= 0.6 is 0 Å². The molecule has 1 saturated heterocycles. The van der Waals surface area contributed by atoms with Crippen molar-refractivity contribution in [2.45, 2.75) is 19.5 Å². The summed E-state index contributed by atoms with van der Waals surface area (Å²) in [6, 6.07) is 0. The van der Waals surface area contributed by atoms with Crippen LogP contribution in [0.25, 0.3) is 0 Å². The summed E-state index contributed by atoms with van der Waals surface area (Å²) in [6.07, 6.45) is 2.65. The van der Waals surface area contributed by atoms with Crippen LogP contribution in [0.5, 0.6) is 0 Å². The largest absolute Gasteiger partial charge is 0.314 e. The molecule has 7 nitrogen and oxygen atoms in total. The molecule has 2 rings (SSSR count). The Bertz CT molecular complexity index is 499. The third kappa shape index (κ3) is 4.55. The third-order valence-corrected chi connectivity index (χ3v) is 4.95. The Morgan fingerprint density at radius 2 is 2.16 bits per heavy atom. The molecular weight excluding hydrogens is 266 g/mol. The Labute approximate surface area is 113 Å². The molecule has 0 bridgehead atoms. The lowest BCUT2D eigenvalue weighted by atomic mass is 10.4. The molecule has 0 radical (unpaired) electrons. The van der Waals surface area contributed by atoms with Crippen molar-refractivity contribution in [2.24, 2.45) is 0 Å². The van der Waals surface area contributed by atoms with E-state index >= 15 is 0 Å². The molecule has 0 aliphatic carbocycles. The van der Waals surface area contributed by atoms with Gasteiger partial charge in [0.15, 0.2) is 9.84 Å². The Balaban J connectivity index is 1.81. The fourth-order valence-corrected chi connectivity index (χ4v) is 3.48. The van der Waals surface area contributed by atoms with E-state index in [0.29, 0.717) is 18.8 Å². The highest BCUT2D eigenvalue weighted by atomic mass is 32.2. The lowest BCUT2D eigenvalue weighted by Crippen LogP contribution is -2.30. The van der Waals surface area contributed by atoms with Crippen molar-refractivity contribution in [2.75, 3.05) is 38.2 Å². The summed E-state index contributed by atoms with van der Waals surface area (Å²) in [5, 5.41) is 11.1. The van der Waals surface area contributed by atoms with Crippen molar-refractivity contribution in [3.05, 3.63) is 11.9 Å². The fourth-order valence-electron chi connectivity index (χ4n) is 2.17. The van der Waals surface area contributed by atoms with Crippen LogP contribution in [0, 0.1) is 0 Å². The lowest BCUT2D eigenvalue weighted by molar-refractivity contribution is 0.276. The first kappa shape index (κ1) is 14.4. The van der Waals surface area contributed by atoms with E-state index in [9.17, 15) is 8.42 Å². The van der Waals surface area contributed by atoms with E-state index in [2.05, 4.69) is 20.5 Å². The van der Waals surface area contributed by atoms with Gasteiger partial charge in [0, 0.05) is 25.8 Å². The van der Waals surface area contributed by atoms with E-state index in [1.165, 1.54) is 0 Å². The number of aromatic nitrogens is 3. The summed E-state index contributed by atoms with van der Waals surface area (Å²) in [5.74, 6) is 0.592. The highest BCUT2D eigenvalue weighted by Gasteiger charge is 2.18. The molecule has 1 N–H and O–H groups in total. The summed E-state index contributed by atoms with van der Waals surface area (Å²) in [7, 11) is -0.951. The van der Waals surface area contributed by atoms with Gasteiger partial charge >= 0.3 is 0 Å². The Hall–Kier alpha value is -0.990. The molecule has 0 aromatic carbocycles. The first-order chi connectivity index (χ1) is 9.09. The van der Waals surface area contributed by atoms with Gasteiger partial charge in [-0.3, -0.25) is 4.68 Å². The van der Waals surface area contributed by atoms with Gasteiger partial charge in [-0.25, -0.2) is 8.42 Å². The molecule has 0 unspecified atom stereocenters. The maximum Gasteiger partial charge on any atom is 0.151 e. The molecule has 2 heterocycles. The minimum atomic E-state index is -2.82. The van der Waals surface area contributed by atoms with Crippen molar-refractivity contribution < 1.29 is 8.42 Å². The molecule has 0 atom stereocenters. The van der Waals surface area contributed by atoms with Crippen LogP contribution in [0.15, 0.2) is 6.20 Å². The molecule has 0 spiro atoms. The molecule has 8 heteroatoms. The highest BCUT2D eigenvalue weighted by Crippen LogP contribution is 2.05. The van der Waals surface area contributed by atoms with Crippen LogP contribution in [-0.2, 0) is 22.9 Å². The van der Waals surface area contributed by atoms with Gasteiger partial charge in [0.05, 0.1) is 23.7 Å². The van der Waals surface area contributed by atoms with Crippen LogP contribution in [0.4, 0.5) is 0 Å². The second-order valence-electron chi connectivity index (χ2n) is 4.85. The zero-order valence-corrected chi connectivity index (χ0v) is 12.1. The highest BCUT2D eigenvalue weighted by molar-refractivity contribution is 7.91. The maximum atomic E-state index is 11.5. The number of sulfone groups is 1. The molecule has 1 aliphatic rings. The minimum Gasteiger partial charge on any atom is -0.314 e. The van der Waals surface area contributed by atoms with Crippen molar-refractivity contribution in [1.29, 1.82) is 0 Å². The number of hydrogen-bond donors (Lipinski definition) is 1. The van der Waals surface area contributed by atoms with Gasteiger partial charge < -0.3 is 10.2 Å². The molecule has 19 heavy (non-hydrogen) atoms. The molecule has 108 valence electrons. The van der Waals surface area contributed by atoms with Gasteiger partial charge in [-0.1, -0.05) is 5.21 Å². The third-order valence-electron chi connectivity index (χ3n) is 3.24. The maximum absolute atomic E-state index is 11.5. The SMILES string of the molecule is CNCc1cn(CCN2CCCS(=O)(=O)CC2)nn1. The Kier molecular flexibility index (Phi) is 4.89. The molecule has 1 aromatic heterocycles. The normalized spacial score (nSPS) is 20.3. The van der Waals surface area contributed by atoms with Gasteiger partial charge in [-0.05, 0) is 20.0 Å². The Morgan fingerprint density at radius 1 is 1.32 bits per heavy atom.